The predicted molar refractivity (Wildman–Crippen MR) is 114 cm³/mol. The number of carbonyl (C=O) groups excluding carboxylic acids is 1. The van der Waals surface area contributed by atoms with Crippen LogP contribution in [0.15, 0.2) is 45.3 Å². The van der Waals surface area contributed by atoms with E-state index in [4.69, 9.17) is 11.6 Å². The number of aromatic nitrogens is 4. The van der Waals surface area contributed by atoms with Gasteiger partial charge in [0.15, 0.2) is 5.82 Å². The van der Waals surface area contributed by atoms with Gasteiger partial charge in [-0.05, 0) is 28.6 Å². The Balaban J connectivity index is 1.56. The van der Waals surface area contributed by atoms with Crippen LogP contribution in [0.1, 0.15) is 5.56 Å². The first kappa shape index (κ1) is 19.2. The Hall–Kier alpha value is -3.17. The SMILES string of the molecule is Cn1c(=O)c2c(CC(=O)Nc3cc(-c4ccc(Cl)cc4)[nH]n3)csc2n(C)c1=O. The number of rotatable bonds is 4. The summed E-state index contributed by atoms with van der Waals surface area (Å²) in [7, 11) is 3.03. The van der Waals surface area contributed by atoms with Crippen LogP contribution in [0.25, 0.3) is 21.5 Å². The highest BCUT2D eigenvalue weighted by atomic mass is 35.5. The minimum absolute atomic E-state index is 0.00339. The van der Waals surface area contributed by atoms with Crippen LogP contribution >= 0.6 is 22.9 Å². The summed E-state index contributed by atoms with van der Waals surface area (Å²) in [5, 5.41) is 12.5. The molecule has 0 bridgehead atoms. The molecule has 0 unspecified atom stereocenters. The fourth-order valence-corrected chi connectivity index (χ4v) is 4.23. The van der Waals surface area contributed by atoms with E-state index in [0.717, 1.165) is 15.8 Å². The highest BCUT2D eigenvalue weighted by molar-refractivity contribution is 7.17. The molecule has 148 valence electrons. The van der Waals surface area contributed by atoms with E-state index in [1.54, 1.807) is 30.6 Å². The summed E-state index contributed by atoms with van der Waals surface area (Å²) in [4.78, 5) is 37.6. The lowest BCUT2D eigenvalue weighted by atomic mass is 10.1. The molecule has 2 N–H and O–H groups in total. The summed E-state index contributed by atoms with van der Waals surface area (Å²) in [6.45, 7) is 0. The van der Waals surface area contributed by atoms with E-state index in [-0.39, 0.29) is 12.3 Å². The average molecular weight is 430 g/mol. The van der Waals surface area contributed by atoms with Crippen molar-refractivity contribution in [2.24, 2.45) is 14.1 Å². The van der Waals surface area contributed by atoms with Gasteiger partial charge in [0.05, 0.1) is 17.5 Å². The molecule has 29 heavy (non-hydrogen) atoms. The Kier molecular flexibility index (Phi) is 4.85. The predicted octanol–water partition coefficient (Wildman–Crippen LogP) is 2.52. The standard InChI is InChI=1S/C19H16ClN5O3S/c1-24-17(27)16-11(9-29-18(16)25(2)19(24)28)7-15(26)21-14-8-13(22-23-14)10-3-5-12(20)6-4-10/h3-6,8-9H,7H2,1-2H3,(H2,21,22,23,26). The summed E-state index contributed by atoms with van der Waals surface area (Å²) in [6, 6.07) is 8.95. The molecule has 4 aromatic rings. The number of thiophene rings is 1. The van der Waals surface area contributed by atoms with E-state index < -0.39 is 11.2 Å². The number of halogens is 1. The van der Waals surface area contributed by atoms with E-state index in [0.29, 0.717) is 26.6 Å². The summed E-state index contributed by atoms with van der Waals surface area (Å²) < 4.78 is 2.46. The Morgan fingerprint density at radius 3 is 2.66 bits per heavy atom. The molecule has 8 nitrogen and oxygen atoms in total. The lowest BCUT2D eigenvalue weighted by Gasteiger charge is -2.05. The van der Waals surface area contributed by atoms with Crippen molar-refractivity contribution in [1.82, 2.24) is 19.3 Å². The molecule has 3 aromatic heterocycles. The number of benzene rings is 1. The maximum atomic E-state index is 12.5. The van der Waals surface area contributed by atoms with Crippen LogP contribution in [0.5, 0.6) is 0 Å². The van der Waals surface area contributed by atoms with E-state index >= 15 is 0 Å². The summed E-state index contributed by atoms with van der Waals surface area (Å²) in [6.07, 6.45) is -0.00339. The summed E-state index contributed by atoms with van der Waals surface area (Å²) in [5.41, 5.74) is 1.40. The first-order valence-corrected chi connectivity index (χ1v) is 9.88. The van der Waals surface area contributed by atoms with Crippen LogP contribution in [0.2, 0.25) is 5.02 Å². The molecule has 3 heterocycles. The lowest BCUT2D eigenvalue weighted by Crippen LogP contribution is -2.36. The molecule has 0 spiro atoms. The van der Waals surface area contributed by atoms with Gasteiger partial charge in [-0.3, -0.25) is 23.8 Å². The molecule has 0 fully saturated rings. The normalized spacial score (nSPS) is 11.1. The minimum Gasteiger partial charge on any atom is -0.309 e. The number of anilines is 1. The van der Waals surface area contributed by atoms with Gasteiger partial charge in [-0.2, -0.15) is 5.10 Å². The zero-order valence-corrected chi connectivity index (χ0v) is 17.1. The molecule has 0 aliphatic carbocycles. The van der Waals surface area contributed by atoms with Crippen molar-refractivity contribution >= 4 is 44.9 Å². The molecule has 4 rings (SSSR count). The summed E-state index contributed by atoms with van der Waals surface area (Å²) in [5.74, 6) is 0.0644. The number of carbonyl (C=O) groups is 1. The fraction of sp³-hybridized carbons (Fsp3) is 0.158. The van der Waals surface area contributed by atoms with Gasteiger partial charge in [-0.15, -0.1) is 11.3 Å². The van der Waals surface area contributed by atoms with Crippen LogP contribution in [0.3, 0.4) is 0 Å². The van der Waals surface area contributed by atoms with Crippen molar-refractivity contribution in [3.05, 3.63) is 67.1 Å². The van der Waals surface area contributed by atoms with Gasteiger partial charge >= 0.3 is 5.69 Å². The second-order valence-corrected chi connectivity index (χ2v) is 7.84. The van der Waals surface area contributed by atoms with E-state index in [1.165, 1.54) is 23.0 Å². The average Bonchev–Trinajstić information content (AvgIpc) is 3.32. The van der Waals surface area contributed by atoms with E-state index in [9.17, 15) is 14.4 Å². The number of amides is 1. The third kappa shape index (κ3) is 3.50. The lowest BCUT2D eigenvalue weighted by molar-refractivity contribution is -0.115. The molecule has 0 aliphatic rings. The van der Waals surface area contributed by atoms with Gasteiger partial charge < -0.3 is 5.32 Å². The molecule has 0 saturated carbocycles. The van der Waals surface area contributed by atoms with Crippen molar-refractivity contribution in [3.8, 4) is 11.3 Å². The van der Waals surface area contributed by atoms with E-state index in [1.807, 2.05) is 12.1 Å². The van der Waals surface area contributed by atoms with Crippen molar-refractivity contribution < 1.29 is 4.79 Å². The first-order valence-electron chi connectivity index (χ1n) is 8.62. The zero-order chi connectivity index (χ0) is 20.7. The zero-order valence-electron chi connectivity index (χ0n) is 15.5. The van der Waals surface area contributed by atoms with Crippen molar-refractivity contribution in [2.75, 3.05) is 5.32 Å². The molecule has 1 aromatic carbocycles. The summed E-state index contributed by atoms with van der Waals surface area (Å²) >= 11 is 7.16. The van der Waals surface area contributed by atoms with Crippen molar-refractivity contribution in [3.63, 3.8) is 0 Å². The molecular weight excluding hydrogens is 414 g/mol. The quantitative estimate of drug-likeness (QED) is 0.520. The Labute approximate surface area is 173 Å². The van der Waals surface area contributed by atoms with Gasteiger partial charge in [0.25, 0.3) is 5.56 Å². The van der Waals surface area contributed by atoms with Crippen LogP contribution < -0.4 is 16.6 Å². The third-order valence-electron chi connectivity index (χ3n) is 4.60. The molecule has 10 heteroatoms. The number of H-pyrrole nitrogens is 1. The second-order valence-electron chi connectivity index (χ2n) is 6.55. The Morgan fingerprint density at radius 1 is 1.21 bits per heavy atom. The van der Waals surface area contributed by atoms with Crippen LogP contribution in [0.4, 0.5) is 5.82 Å². The number of fused-ring (bicyclic) bond motifs is 1. The highest BCUT2D eigenvalue weighted by Gasteiger charge is 2.17. The Bertz CT molecular complexity index is 1350. The van der Waals surface area contributed by atoms with Gasteiger partial charge in [0.1, 0.15) is 4.83 Å². The van der Waals surface area contributed by atoms with Gasteiger partial charge in [0.2, 0.25) is 5.91 Å². The van der Waals surface area contributed by atoms with Crippen molar-refractivity contribution in [1.29, 1.82) is 0 Å². The molecule has 0 radical (unpaired) electrons. The minimum atomic E-state index is -0.406. The number of aryl methyl sites for hydroxylation is 1. The third-order valence-corrected chi connectivity index (χ3v) is 5.95. The largest absolute Gasteiger partial charge is 0.331 e. The Morgan fingerprint density at radius 2 is 1.93 bits per heavy atom. The number of hydrogen-bond acceptors (Lipinski definition) is 5. The molecular formula is C19H16ClN5O3S. The van der Waals surface area contributed by atoms with Crippen molar-refractivity contribution in [2.45, 2.75) is 6.42 Å². The first-order chi connectivity index (χ1) is 13.8. The number of hydrogen-bond donors (Lipinski definition) is 2. The van der Waals surface area contributed by atoms with Crippen LogP contribution in [-0.4, -0.2) is 25.2 Å². The topological polar surface area (TPSA) is 102 Å². The maximum absolute atomic E-state index is 12.5. The van der Waals surface area contributed by atoms with Gasteiger partial charge in [0, 0.05) is 25.2 Å². The molecule has 0 saturated heterocycles. The van der Waals surface area contributed by atoms with Crippen LogP contribution in [0, 0.1) is 0 Å². The van der Waals surface area contributed by atoms with E-state index in [2.05, 4.69) is 15.5 Å². The number of aromatic amines is 1. The second kappa shape index (κ2) is 7.34. The maximum Gasteiger partial charge on any atom is 0.331 e. The molecule has 0 aliphatic heterocycles. The molecule has 0 atom stereocenters. The van der Waals surface area contributed by atoms with Gasteiger partial charge in [-0.25, -0.2) is 4.79 Å². The van der Waals surface area contributed by atoms with Crippen LogP contribution in [-0.2, 0) is 25.3 Å². The number of nitrogens with zero attached hydrogens (tertiary/aromatic N) is 3. The monoisotopic (exact) mass is 429 g/mol. The fourth-order valence-electron chi connectivity index (χ4n) is 3.08. The smallest absolute Gasteiger partial charge is 0.309 e. The molecule has 1 amide bonds. The van der Waals surface area contributed by atoms with Gasteiger partial charge in [-0.1, -0.05) is 23.7 Å². The highest BCUT2D eigenvalue weighted by Crippen LogP contribution is 2.24. The number of nitrogens with one attached hydrogen (secondary N) is 2.